The van der Waals surface area contributed by atoms with E-state index in [1.54, 1.807) is 12.4 Å². The molecule has 0 bridgehead atoms. The van der Waals surface area contributed by atoms with E-state index in [1.165, 1.54) is 6.33 Å². The molecule has 0 aliphatic rings. The average molecular weight is 246 g/mol. The average Bonchev–Trinajstić information content (AvgIpc) is 2.42. The van der Waals surface area contributed by atoms with Crippen molar-refractivity contribution < 1.29 is 4.39 Å². The molecule has 1 N–H and O–H groups in total. The number of hydrogen-bond donors (Lipinski definition) is 1. The number of nitrogens with one attached hydrogen (secondary N) is 1. The van der Waals surface area contributed by atoms with Crippen LogP contribution in [0.1, 0.15) is 18.2 Å². The van der Waals surface area contributed by atoms with Crippen LogP contribution in [0.25, 0.3) is 0 Å². The maximum Gasteiger partial charge on any atom is 0.186 e. The van der Waals surface area contributed by atoms with E-state index >= 15 is 0 Å². The van der Waals surface area contributed by atoms with Crippen LogP contribution in [-0.2, 0) is 12.8 Å². The van der Waals surface area contributed by atoms with Gasteiger partial charge in [0.1, 0.15) is 6.33 Å². The molecule has 2 rings (SSSR count). The first-order valence-electron chi connectivity index (χ1n) is 5.93. The van der Waals surface area contributed by atoms with Crippen LogP contribution in [0.5, 0.6) is 0 Å². The number of pyridine rings is 1. The van der Waals surface area contributed by atoms with Gasteiger partial charge in [-0.2, -0.15) is 0 Å². The van der Waals surface area contributed by atoms with Gasteiger partial charge in [-0.15, -0.1) is 0 Å². The fourth-order valence-electron chi connectivity index (χ4n) is 1.65. The molecule has 0 saturated heterocycles. The van der Waals surface area contributed by atoms with Gasteiger partial charge in [-0.3, -0.25) is 4.98 Å². The molecule has 2 aromatic rings. The van der Waals surface area contributed by atoms with Crippen molar-refractivity contribution in [1.82, 2.24) is 15.0 Å². The number of aromatic nitrogens is 3. The smallest absolute Gasteiger partial charge is 0.186 e. The third kappa shape index (κ3) is 3.00. The first-order chi connectivity index (χ1) is 8.81. The molecule has 0 unspecified atom stereocenters. The van der Waals surface area contributed by atoms with Crippen molar-refractivity contribution in [2.45, 2.75) is 19.8 Å². The number of anilines is 1. The summed E-state index contributed by atoms with van der Waals surface area (Å²) < 4.78 is 13.8. The zero-order valence-electron chi connectivity index (χ0n) is 10.2. The number of rotatable bonds is 5. The minimum Gasteiger partial charge on any atom is -0.367 e. The molecule has 0 atom stereocenters. The summed E-state index contributed by atoms with van der Waals surface area (Å²) in [5.74, 6) is -0.0781. The normalized spacial score (nSPS) is 10.3. The summed E-state index contributed by atoms with van der Waals surface area (Å²) in [6.07, 6.45) is 6.24. The molecule has 2 aromatic heterocycles. The summed E-state index contributed by atoms with van der Waals surface area (Å²) in [6.45, 7) is 2.49. The lowest BCUT2D eigenvalue weighted by molar-refractivity contribution is 0.596. The molecule has 18 heavy (non-hydrogen) atoms. The minimum atomic E-state index is -0.352. The Hall–Kier alpha value is -2.04. The Bertz CT molecular complexity index is 502. The highest BCUT2D eigenvalue weighted by Crippen LogP contribution is 2.13. The van der Waals surface area contributed by atoms with E-state index < -0.39 is 0 Å². The SMILES string of the molecule is CCc1ncnc(NCCc2ccncc2)c1F. The molecule has 4 nitrogen and oxygen atoms in total. The van der Waals surface area contributed by atoms with Gasteiger partial charge in [0.05, 0.1) is 5.69 Å². The molecule has 0 aromatic carbocycles. The van der Waals surface area contributed by atoms with E-state index in [0.29, 0.717) is 18.7 Å². The fraction of sp³-hybridized carbons (Fsp3) is 0.308. The largest absolute Gasteiger partial charge is 0.367 e. The molecule has 5 heteroatoms. The van der Waals surface area contributed by atoms with Crippen molar-refractivity contribution in [3.63, 3.8) is 0 Å². The molecule has 0 aliphatic carbocycles. The lowest BCUT2D eigenvalue weighted by Gasteiger charge is -2.08. The van der Waals surface area contributed by atoms with E-state index in [9.17, 15) is 4.39 Å². The Morgan fingerprint density at radius 1 is 1.22 bits per heavy atom. The summed E-state index contributed by atoms with van der Waals surface area (Å²) in [6, 6.07) is 3.88. The molecule has 0 fully saturated rings. The molecular formula is C13H15FN4. The second-order valence-electron chi connectivity index (χ2n) is 3.87. The summed E-state index contributed by atoms with van der Waals surface area (Å²) in [5, 5.41) is 2.99. The first kappa shape index (κ1) is 12.4. The van der Waals surface area contributed by atoms with Crippen LogP contribution in [0.15, 0.2) is 30.9 Å². The van der Waals surface area contributed by atoms with Crippen molar-refractivity contribution in [1.29, 1.82) is 0 Å². The van der Waals surface area contributed by atoms with Gasteiger partial charge < -0.3 is 5.32 Å². The zero-order valence-corrected chi connectivity index (χ0v) is 10.2. The highest BCUT2D eigenvalue weighted by Gasteiger charge is 2.08. The Kier molecular flexibility index (Phi) is 4.17. The van der Waals surface area contributed by atoms with Crippen LogP contribution >= 0.6 is 0 Å². The molecular weight excluding hydrogens is 231 g/mol. The quantitative estimate of drug-likeness (QED) is 0.879. The second-order valence-corrected chi connectivity index (χ2v) is 3.87. The van der Waals surface area contributed by atoms with Crippen LogP contribution in [0.4, 0.5) is 10.2 Å². The number of aryl methyl sites for hydroxylation is 1. The van der Waals surface area contributed by atoms with E-state index in [2.05, 4.69) is 20.3 Å². The van der Waals surface area contributed by atoms with Gasteiger partial charge >= 0.3 is 0 Å². The minimum absolute atomic E-state index is 0.274. The zero-order chi connectivity index (χ0) is 12.8. The van der Waals surface area contributed by atoms with Crippen LogP contribution in [0, 0.1) is 5.82 Å². The molecule has 2 heterocycles. The third-order valence-electron chi connectivity index (χ3n) is 2.65. The number of hydrogen-bond acceptors (Lipinski definition) is 4. The topological polar surface area (TPSA) is 50.7 Å². The van der Waals surface area contributed by atoms with Crippen molar-refractivity contribution in [2.24, 2.45) is 0 Å². The van der Waals surface area contributed by atoms with Crippen molar-refractivity contribution in [2.75, 3.05) is 11.9 Å². The molecule has 94 valence electrons. The van der Waals surface area contributed by atoms with Gasteiger partial charge in [0.2, 0.25) is 0 Å². The molecule has 0 amide bonds. The highest BCUT2D eigenvalue weighted by molar-refractivity contribution is 5.37. The molecule has 0 saturated carbocycles. The summed E-state index contributed by atoms with van der Waals surface area (Å²) in [5.41, 5.74) is 1.60. The van der Waals surface area contributed by atoms with Gasteiger partial charge in [0.15, 0.2) is 11.6 Å². The number of nitrogens with zero attached hydrogens (tertiary/aromatic N) is 3. The number of halogens is 1. The first-order valence-corrected chi connectivity index (χ1v) is 5.93. The van der Waals surface area contributed by atoms with Crippen molar-refractivity contribution in [3.8, 4) is 0 Å². The fourth-order valence-corrected chi connectivity index (χ4v) is 1.65. The maximum atomic E-state index is 13.8. The van der Waals surface area contributed by atoms with Crippen molar-refractivity contribution >= 4 is 5.82 Å². The highest BCUT2D eigenvalue weighted by atomic mass is 19.1. The Morgan fingerprint density at radius 3 is 2.72 bits per heavy atom. The Labute approximate surface area is 105 Å². The lowest BCUT2D eigenvalue weighted by Crippen LogP contribution is -2.10. The predicted octanol–water partition coefficient (Wildman–Crippen LogP) is 2.23. The van der Waals surface area contributed by atoms with E-state index in [0.717, 1.165) is 12.0 Å². The van der Waals surface area contributed by atoms with Gasteiger partial charge in [-0.05, 0) is 30.5 Å². The Morgan fingerprint density at radius 2 is 2.00 bits per heavy atom. The molecule has 0 spiro atoms. The summed E-state index contributed by atoms with van der Waals surface area (Å²) in [7, 11) is 0. The van der Waals surface area contributed by atoms with E-state index in [1.807, 2.05) is 19.1 Å². The molecule has 0 aliphatic heterocycles. The van der Waals surface area contributed by atoms with Crippen LogP contribution in [0.3, 0.4) is 0 Å². The monoisotopic (exact) mass is 246 g/mol. The van der Waals surface area contributed by atoms with Gasteiger partial charge in [-0.1, -0.05) is 6.92 Å². The predicted molar refractivity (Wildman–Crippen MR) is 67.8 cm³/mol. The van der Waals surface area contributed by atoms with E-state index in [4.69, 9.17) is 0 Å². The van der Waals surface area contributed by atoms with Gasteiger partial charge in [0, 0.05) is 18.9 Å². The second kappa shape index (κ2) is 6.05. The van der Waals surface area contributed by atoms with Crippen LogP contribution < -0.4 is 5.32 Å². The standard InChI is InChI=1S/C13H15FN4/c1-2-11-12(14)13(18-9-17-11)16-8-5-10-3-6-15-7-4-10/h3-4,6-7,9H,2,5,8H2,1H3,(H,16,17,18). The summed E-state index contributed by atoms with van der Waals surface area (Å²) >= 11 is 0. The molecule has 0 radical (unpaired) electrons. The summed E-state index contributed by atoms with van der Waals surface area (Å²) in [4.78, 5) is 11.7. The third-order valence-corrected chi connectivity index (χ3v) is 2.65. The van der Waals surface area contributed by atoms with E-state index in [-0.39, 0.29) is 11.6 Å². The maximum absolute atomic E-state index is 13.8. The van der Waals surface area contributed by atoms with Crippen LogP contribution in [0.2, 0.25) is 0 Å². The van der Waals surface area contributed by atoms with Gasteiger partial charge in [-0.25, -0.2) is 14.4 Å². The van der Waals surface area contributed by atoms with Gasteiger partial charge in [0.25, 0.3) is 0 Å². The van der Waals surface area contributed by atoms with Crippen molar-refractivity contribution in [3.05, 3.63) is 47.9 Å². The Balaban J connectivity index is 1.95. The van der Waals surface area contributed by atoms with Crippen LogP contribution in [-0.4, -0.2) is 21.5 Å². The lowest BCUT2D eigenvalue weighted by atomic mass is 10.2.